The third-order valence-corrected chi connectivity index (χ3v) is 4.37. The molecule has 2 unspecified atom stereocenters. The van der Waals surface area contributed by atoms with E-state index < -0.39 is 11.8 Å². The minimum atomic E-state index is -0.635. The van der Waals surface area contributed by atoms with Crippen molar-refractivity contribution in [2.45, 2.75) is 51.6 Å². The minimum Gasteiger partial charge on any atom is -0.465 e. The van der Waals surface area contributed by atoms with Crippen molar-refractivity contribution in [2.24, 2.45) is 5.92 Å². The van der Waals surface area contributed by atoms with Crippen molar-refractivity contribution in [3.8, 4) is 0 Å². The number of carbonyl (C=O) groups is 1. The number of benzene rings is 1. The number of carbonyl (C=O) groups excluding carboxylic acids is 1. The van der Waals surface area contributed by atoms with Gasteiger partial charge in [-0.3, -0.25) is 0 Å². The second-order valence-electron chi connectivity index (χ2n) is 5.91. The van der Waals surface area contributed by atoms with Crippen LogP contribution in [0.1, 0.15) is 54.9 Å². The van der Waals surface area contributed by atoms with Crippen LogP contribution in [0.25, 0.3) is 0 Å². The van der Waals surface area contributed by atoms with Crippen LogP contribution < -0.4 is 5.32 Å². The molecule has 1 aromatic rings. The lowest BCUT2D eigenvalue weighted by Crippen LogP contribution is -2.33. The molecular weight excluding hydrogens is 269 g/mol. The molecule has 1 aliphatic rings. The maximum absolute atomic E-state index is 13.9. The lowest BCUT2D eigenvalue weighted by atomic mass is 9.96. The molecule has 3 nitrogen and oxygen atoms in total. The van der Waals surface area contributed by atoms with E-state index in [1.807, 2.05) is 0 Å². The molecule has 0 saturated heterocycles. The van der Waals surface area contributed by atoms with E-state index in [-0.39, 0.29) is 5.56 Å². The van der Waals surface area contributed by atoms with Crippen LogP contribution in [0.3, 0.4) is 0 Å². The Morgan fingerprint density at radius 1 is 1.33 bits per heavy atom. The molecule has 1 aliphatic carbocycles. The predicted octanol–water partition coefficient (Wildman–Crippen LogP) is 3.67. The monoisotopic (exact) mass is 293 g/mol. The SMILES string of the molecule is COC(=O)c1ccc(CNC2CCCCCC2C)cc1F. The Morgan fingerprint density at radius 2 is 2.10 bits per heavy atom. The summed E-state index contributed by atoms with van der Waals surface area (Å²) in [6, 6.07) is 5.19. The predicted molar refractivity (Wildman–Crippen MR) is 80.6 cm³/mol. The zero-order chi connectivity index (χ0) is 15.2. The number of esters is 1. The lowest BCUT2D eigenvalue weighted by Gasteiger charge is -2.23. The molecule has 2 rings (SSSR count). The van der Waals surface area contributed by atoms with Crippen LogP contribution in [-0.2, 0) is 11.3 Å². The first-order valence-corrected chi connectivity index (χ1v) is 7.72. The van der Waals surface area contributed by atoms with Gasteiger partial charge in [-0.05, 0) is 36.5 Å². The number of methoxy groups -OCH3 is 1. The molecule has 0 aliphatic heterocycles. The standard InChI is InChI=1S/C17H24FNO2/c1-12-6-4-3-5-7-16(12)19-11-13-8-9-14(15(18)10-13)17(20)21-2/h8-10,12,16,19H,3-7,11H2,1-2H3. The highest BCUT2D eigenvalue weighted by Crippen LogP contribution is 2.23. The summed E-state index contributed by atoms with van der Waals surface area (Å²) in [7, 11) is 1.25. The van der Waals surface area contributed by atoms with Crippen molar-refractivity contribution >= 4 is 5.97 Å². The Hall–Kier alpha value is -1.42. The van der Waals surface area contributed by atoms with Gasteiger partial charge >= 0.3 is 5.97 Å². The number of hydrogen-bond acceptors (Lipinski definition) is 3. The van der Waals surface area contributed by atoms with Crippen LogP contribution in [0.4, 0.5) is 4.39 Å². The van der Waals surface area contributed by atoms with Crippen molar-refractivity contribution in [3.63, 3.8) is 0 Å². The molecule has 0 heterocycles. The van der Waals surface area contributed by atoms with Gasteiger partial charge in [0.1, 0.15) is 5.82 Å². The number of rotatable bonds is 4. The quantitative estimate of drug-likeness (QED) is 0.680. The first-order valence-electron chi connectivity index (χ1n) is 7.72. The van der Waals surface area contributed by atoms with Crippen LogP contribution >= 0.6 is 0 Å². The molecule has 0 amide bonds. The van der Waals surface area contributed by atoms with Gasteiger partial charge in [-0.25, -0.2) is 9.18 Å². The molecule has 1 saturated carbocycles. The first-order chi connectivity index (χ1) is 10.1. The molecule has 21 heavy (non-hydrogen) atoms. The van der Waals surface area contributed by atoms with Gasteiger partial charge in [-0.2, -0.15) is 0 Å². The normalized spacial score (nSPS) is 22.6. The average molecular weight is 293 g/mol. The molecule has 1 N–H and O–H groups in total. The van der Waals surface area contributed by atoms with Crippen LogP contribution in [0.5, 0.6) is 0 Å². The smallest absolute Gasteiger partial charge is 0.340 e. The fourth-order valence-electron chi connectivity index (χ4n) is 2.99. The Labute approximate surface area is 125 Å². The second kappa shape index (κ2) is 7.55. The number of nitrogens with one attached hydrogen (secondary N) is 1. The van der Waals surface area contributed by atoms with Crippen LogP contribution in [0, 0.1) is 11.7 Å². The lowest BCUT2D eigenvalue weighted by molar-refractivity contribution is 0.0595. The van der Waals surface area contributed by atoms with Crippen molar-refractivity contribution in [3.05, 3.63) is 35.1 Å². The van der Waals surface area contributed by atoms with Gasteiger partial charge in [0.15, 0.2) is 0 Å². The maximum Gasteiger partial charge on any atom is 0.340 e. The topological polar surface area (TPSA) is 38.3 Å². The van der Waals surface area contributed by atoms with Gasteiger partial charge in [0, 0.05) is 12.6 Å². The second-order valence-corrected chi connectivity index (χ2v) is 5.91. The summed E-state index contributed by atoms with van der Waals surface area (Å²) in [6.07, 6.45) is 6.32. The molecule has 1 aromatic carbocycles. The van der Waals surface area contributed by atoms with Gasteiger partial charge in [0.2, 0.25) is 0 Å². The number of halogens is 1. The van der Waals surface area contributed by atoms with E-state index in [9.17, 15) is 9.18 Å². The molecule has 116 valence electrons. The van der Waals surface area contributed by atoms with Crippen molar-refractivity contribution < 1.29 is 13.9 Å². The van der Waals surface area contributed by atoms with Crippen LogP contribution in [-0.4, -0.2) is 19.1 Å². The molecule has 0 bridgehead atoms. The molecular formula is C17H24FNO2. The highest BCUT2D eigenvalue weighted by Gasteiger charge is 2.19. The zero-order valence-corrected chi connectivity index (χ0v) is 12.8. The molecule has 0 spiro atoms. The molecule has 4 heteroatoms. The van der Waals surface area contributed by atoms with E-state index in [1.54, 1.807) is 6.07 Å². The van der Waals surface area contributed by atoms with E-state index in [4.69, 9.17) is 0 Å². The Bertz CT molecular complexity index is 490. The average Bonchev–Trinajstić information content (AvgIpc) is 2.69. The van der Waals surface area contributed by atoms with Gasteiger partial charge in [0.25, 0.3) is 0 Å². The van der Waals surface area contributed by atoms with Crippen molar-refractivity contribution in [2.75, 3.05) is 7.11 Å². The van der Waals surface area contributed by atoms with Crippen molar-refractivity contribution in [1.29, 1.82) is 0 Å². The van der Waals surface area contributed by atoms with Gasteiger partial charge in [-0.15, -0.1) is 0 Å². The number of hydrogen-bond donors (Lipinski definition) is 1. The summed E-state index contributed by atoms with van der Waals surface area (Å²) in [5.74, 6) is -0.494. The summed E-state index contributed by atoms with van der Waals surface area (Å²) in [4.78, 5) is 11.4. The maximum atomic E-state index is 13.9. The third-order valence-electron chi connectivity index (χ3n) is 4.37. The number of ether oxygens (including phenoxy) is 1. The fraction of sp³-hybridized carbons (Fsp3) is 0.588. The summed E-state index contributed by atoms with van der Waals surface area (Å²) < 4.78 is 18.4. The summed E-state index contributed by atoms with van der Waals surface area (Å²) in [5.41, 5.74) is 0.848. The minimum absolute atomic E-state index is 0.0101. The molecule has 2 atom stereocenters. The molecule has 0 aromatic heterocycles. The van der Waals surface area contributed by atoms with Crippen LogP contribution in [0.15, 0.2) is 18.2 Å². The summed E-state index contributed by atoms with van der Waals surface area (Å²) >= 11 is 0. The Balaban J connectivity index is 1.96. The third kappa shape index (κ3) is 4.27. The van der Waals surface area contributed by atoms with Crippen LogP contribution in [0.2, 0.25) is 0 Å². The first kappa shape index (κ1) is 16.0. The van der Waals surface area contributed by atoms with E-state index >= 15 is 0 Å². The van der Waals surface area contributed by atoms with Gasteiger partial charge < -0.3 is 10.1 Å². The van der Waals surface area contributed by atoms with E-state index in [2.05, 4.69) is 17.0 Å². The molecule has 0 radical (unpaired) electrons. The molecule has 1 fully saturated rings. The van der Waals surface area contributed by atoms with Crippen molar-refractivity contribution in [1.82, 2.24) is 5.32 Å². The van der Waals surface area contributed by atoms with E-state index in [1.165, 1.54) is 51.3 Å². The van der Waals surface area contributed by atoms with E-state index in [0.717, 1.165) is 5.56 Å². The largest absolute Gasteiger partial charge is 0.465 e. The fourth-order valence-corrected chi connectivity index (χ4v) is 2.99. The zero-order valence-electron chi connectivity index (χ0n) is 12.8. The van der Waals surface area contributed by atoms with Gasteiger partial charge in [-0.1, -0.05) is 32.3 Å². The summed E-state index contributed by atoms with van der Waals surface area (Å²) in [5, 5.41) is 3.53. The van der Waals surface area contributed by atoms with E-state index in [0.29, 0.717) is 18.5 Å². The Morgan fingerprint density at radius 3 is 2.81 bits per heavy atom. The Kier molecular flexibility index (Phi) is 5.74. The highest BCUT2D eigenvalue weighted by atomic mass is 19.1. The highest BCUT2D eigenvalue weighted by molar-refractivity contribution is 5.89. The summed E-state index contributed by atoms with van der Waals surface area (Å²) in [6.45, 7) is 2.91. The van der Waals surface area contributed by atoms with Gasteiger partial charge in [0.05, 0.1) is 12.7 Å².